The van der Waals surface area contributed by atoms with Gasteiger partial charge in [0.05, 0.1) is 12.3 Å². The molecule has 0 aliphatic carbocycles. The van der Waals surface area contributed by atoms with Crippen molar-refractivity contribution in [3.63, 3.8) is 0 Å². The SMILES string of the molecule is NNOC(=O)CCN1CCC(C(F)(F)F)CC1. The van der Waals surface area contributed by atoms with Crippen LogP contribution in [0.15, 0.2) is 0 Å². The first kappa shape index (κ1) is 14.2. The van der Waals surface area contributed by atoms with Crippen molar-refractivity contribution < 1.29 is 22.8 Å². The lowest BCUT2D eigenvalue weighted by molar-refractivity contribution is -0.185. The maximum atomic E-state index is 12.4. The van der Waals surface area contributed by atoms with Gasteiger partial charge in [-0.1, -0.05) is 5.59 Å². The quantitative estimate of drug-likeness (QED) is 0.568. The molecule has 1 rings (SSSR count). The third kappa shape index (κ3) is 4.88. The van der Waals surface area contributed by atoms with Gasteiger partial charge < -0.3 is 9.74 Å². The van der Waals surface area contributed by atoms with E-state index in [2.05, 4.69) is 4.84 Å². The molecule has 1 fully saturated rings. The summed E-state index contributed by atoms with van der Waals surface area (Å²) in [6.45, 7) is 1.10. The lowest BCUT2D eigenvalue weighted by atomic mass is 9.96. The summed E-state index contributed by atoms with van der Waals surface area (Å²) in [7, 11) is 0. The number of nitrogens with zero attached hydrogens (tertiary/aromatic N) is 1. The van der Waals surface area contributed by atoms with E-state index in [0.717, 1.165) is 0 Å². The van der Waals surface area contributed by atoms with E-state index < -0.39 is 18.1 Å². The van der Waals surface area contributed by atoms with Crippen LogP contribution < -0.4 is 11.4 Å². The Morgan fingerprint density at radius 2 is 2.00 bits per heavy atom. The molecule has 17 heavy (non-hydrogen) atoms. The molecular weight excluding hydrogens is 239 g/mol. The smallest absolute Gasteiger partial charge is 0.356 e. The topological polar surface area (TPSA) is 67.6 Å². The monoisotopic (exact) mass is 255 g/mol. The molecule has 1 aliphatic heterocycles. The van der Waals surface area contributed by atoms with Crippen LogP contribution in [-0.4, -0.2) is 36.7 Å². The maximum absolute atomic E-state index is 12.4. The molecule has 0 atom stereocenters. The van der Waals surface area contributed by atoms with Crippen LogP contribution in [0.4, 0.5) is 13.2 Å². The molecule has 0 radical (unpaired) electrons. The van der Waals surface area contributed by atoms with Crippen LogP contribution in [0, 0.1) is 5.92 Å². The molecule has 3 N–H and O–H groups in total. The van der Waals surface area contributed by atoms with Gasteiger partial charge in [0.25, 0.3) is 0 Å². The summed E-state index contributed by atoms with van der Waals surface area (Å²) >= 11 is 0. The van der Waals surface area contributed by atoms with Crippen LogP contribution in [-0.2, 0) is 9.63 Å². The summed E-state index contributed by atoms with van der Waals surface area (Å²) in [5, 5.41) is 0. The average Bonchev–Trinajstić information content (AvgIpc) is 2.26. The number of hydrazine groups is 1. The summed E-state index contributed by atoms with van der Waals surface area (Å²) < 4.78 is 37.1. The van der Waals surface area contributed by atoms with Crippen molar-refractivity contribution in [3.05, 3.63) is 0 Å². The number of carbonyl (C=O) groups excluding carboxylic acids is 1. The number of likely N-dealkylation sites (tertiary alicyclic amines) is 1. The van der Waals surface area contributed by atoms with Crippen LogP contribution in [0.5, 0.6) is 0 Å². The number of alkyl halides is 3. The van der Waals surface area contributed by atoms with E-state index in [4.69, 9.17) is 5.84 Å². The maximum Gasteiger partial charge on any atom is 0.391 e. The Bertz CT molecular complexity index is 252. The second kappa shape index (κ2) is 6.18. The molecule has 1 saturated heterocycles. The Labute approximate surface area is 97.0 Å². The molecule has 0 aromatic carbocycles. The van der Waals surface area contributed by atoms with Gasteiger partial charge in [0.15, 0.2) is 0 Å². The van der Waals surface area contributed by atoms with Crippen LogP contribution in [0.2, 0.25) is 0 Å². The third-order valence-corrected chi connectivity index (χ3v) is 2.86. The molecule has 5 nitrogen and oxygen atoms in total. The summed E-state index contributed by atoms with van der Waals surface area (Å²) in [6, 6.07) is 0. The Hall–Kier alpha value is -0.860. The predicted octanol–water partition coefficient (Wildman–Crippen LogP) is 0.572. The molecule has 0 saturated carbocycles. The molecule has 0 unspecified atom stereocenters. The summed E-state index contributed by atoms with van der Waals surface area (Å²) in [4.78, 5) is 17.0. The molecule has 1 aliphatic rings. The van der Waals surface area contributed by atoms with Gasteiger partial charge in [-0.2, -0.15) is 13.2 Å². The largest absolute Gasteiger partial charge is 0.391 e. The first-order valence-electron chi connectivity index (χ1n) is 5.38. The fourth-order valence-electron chi connectivity index (χ4n) is 1.85. The van der Waals surface area contributed by atoms with Gasteiger partial charge >= 0.3 is 12.1 Å². The Morgan fingerprint density at radius 1 is 1.41 bits per heavy atom. The second-order valence-corrected chi connectivity index (χ2v) is 4.00. The molecule has 100 valence electrons. The average molecular weight is 255 g/mol. The minimum Gasteiger partial charge on any atom is -0.356 e. The molecule has 0 spiro atoms. The zero-order valence-electron chi connectivity index (χ0n) is 9.29. The van der Waals surface area contributed by atoms with Crippen molar-refractivity contribution >= 4 is 5.97 Å². The normalized spacial score (nSPS) is 19.3. The summed E-state index contributed by atoms with van der Waals surface area (Å²) in [6.07, 6.45) is -3.81. The number of nitrogens with two attached hydrogens (primary N) is 1. The first-order valence-corrected chi connectivity index (χ1v) is 5.38. The van der Waals surface area contributed by atoms with Gasteiger partial charge in [0.1, 0.15) is 0 Å². The fraction of sp³-hybridized carbons (Fsp3) is 0.889. The molecule has 0 aromatic heterocycles. The number of carbonyl (C=O) groups is 1. The lowest BCUT2D eigenvalue weighted by Crippen LogP contribution is -2.40. The van der Waals surface area contributed by atoms with E-state index in [-0.39, 0.29) is 19.3 Å². The number of nitrogens with one attached hydrogen (secondary N) is 1. The number of rotatable bonds is 4. The van der Waals surface area contributed by atoms with Gasteiger partial charge in [0, 0.05) is 6.54 Å². The zero-order valence-corrected chi connectivity index (χ0v) is 9.29. The zero-order chi connectivity index (χ0) is 12.9. The van der Waals surface area contributed by atoms with Crippen molar-refractivity contribution in [2.45, 2.75) is 25.4 Å². The van der Waals surface area contributed by atoms with Crippen molar-refractivity contribution in [1.29, 1.82) is 0 Å². The van der Waals surface area contributed by atoms with E-state index in [9.17, 15) is 18.0 Å². The van der Waals surface area contributed by atoms with Gasteiger partial charge in [-0.25, -0.2) is 5.84 Å². The summed E-state index contributed by atoms with van der Waals surface area (Å²) in [5.74, 6) is 3.04. The standard InChI is InChI=1S/C9H16F3N3O2/c10-9(11,12)7-1-4-15(5-2-7)6-3-8(16)17-14-13/h7,14H,1-6,13H2. The van der Waals surface area contributed by atoms with Gasteiger partial charge in [-0.15, -0.1) is 0 Å². The predicted molar refractivity (Wildman–Crippen MR) is 53.3 cm³/mol. The minimum absolute atomic E-state index is 0.0910. The highest BCUT2D eigenvalue weighted by molar-refractivity contribution is 5.69. The van der Waals surface area contributed by atoms with Crippen LogP contribution in [0.25, 0.3) is 0 Å². The lowest BCUT2D eigenvalue weighted by Gasteiger charge is -2.32. The Morgan fingerprint density at radius 3 is 2.47 bits per heavy atom. The second-order valence-electron chi connectivity index (χ2n) is 4.00. The molecule has 0 aromatic rings. The van der Waals surface area contributed by atoms with Crippen molar-refractivity contribution in [3.8, 4) is 0 Å². The number of halogens is 3. The minimum atomic E-state index is -4.10. The number of hydrogen-bond donors (Lipinski definition) is 2. The van der Waals surface area contributed by atoms with E-state index in [0.29, 0.717) is 19.6 Å². The van der Waals surface area contributed by atoms with Gasteiger partial charge in [-0.3, -0.25) is 4.79 Å². The van der Waals surface area contributed by atoms with Crippen LogP contribution in [0.3, 0.4) is 0 Å². The molecule has 0 amide bonds. The fourth-order valence-corrected chi connectivity index (χ4v) is 1.85. The first-order chi connectivity index (χ1) is 7.93. The van der Waals surface area contributed by atoms with E-state index in [1.807, 2.05) is 4.90 Å². The highest BCUT2D eigenvalue weighted by atomic mass is 19.4. The van der Waals surface area contributed by atoms with Gasteiger partial charge in [0.2, 0.25) is 0 Å². The number of piperidine rings is 1. The third-order valence-electron chi connectivity index (χ3n) is 2.86. The van der Waals surface area contributed by atoms with Crippen LogP contribution in [0.1, 0.15) is 19.3 Å². The highest BCUT2D eigenvalue weighted by Gasteiger charge is 2.40. The summed E-state index contributed by atoms with van der Waals surface area (Å²) in [5.41, 5.74) is 1.77. The van der Waals surface area contributed by atoms with E-state index in [1.54, 1.807) is 5.59 Å². The Balaban J connectivity index is 2.21. The van der Waals surface area contributed by atoms with Gasteiger partial charge in [-0.05, 0) is 25.9 Å². The molecule has 0 bridgehead atoms. The van der Waals surface area contributed by atoms with Crippen molar-refractivity contribution in [2.75, 3.05) is 19.6 Å². The van der Waals surface area contributed by atoms with E-state index >= 15 is 0 Å². The van der Waals surface area contributed by atoms with E-state index in [1.165, 1.54) is 0 Å². The van der Waals surface area contributed by atoms with Crippen molar-refractivity contribution in [1.82, 2.24) is 10.5 Å². The van der Waals surface area contributed by atoms with Crippen molar-refractivity contribution in [2.24, 2.45) is 11.8 Å². The molecular formula is C9H16F3N3O2. The highest BCUT2D eigenvalue weighted by Crippen LogP contribution is 2.33. The number of hydrogen-bond acceptors (Lipinski definition) is 5. The van der Waals surface area contributed by atoms with Crippen LogP contribution >= 0.6 is 0 Å². The molecule has 8 heteroatoms. The Kier molecular flexibility index (Phi) is 5.16. The molecule has 1 heterocycles.